The lowest BCUT2D eigenvalue weighted by molar-refractivity contribution is -0.146. The van der Waals surface area contributed by atoms with E-state index < -0.39 is 11.5 Å². The molecule has 1 aromatic carbocycles. The van der Waals surface area contributed by atoms with Crippen molar-refractivity contribution in [1.82, 2.24) is 0 Å². The second-order valence-corrected chi connectivity index (χ2v) is 5.02. The van der Waals surface area contributed by atoms with E-state index >= 15 is 0 Å². The number of hydrogen-bond donors (Lipinski definition) is 1. The minimum Gasteiger partial charge on any atom is -0.493 e. The van der Waals surface area contributed by atoms with Crippen molar-refractivity contribution >= 4 is 5.97 Å². The molecule has 0 aliphatic heterocycles. The van der Waals surface area contributed by atoms with Gasteiger partial charge in [-0.15, -0.1) is 0 Å². The van der Waals surface area contributed by atoms with Gasteiger partial charge in [0.15, 0.2) is 11.5 Å². The second-order valence-electron chi connectivity index (χ2n) is 5.02. The zero-order chi connectivity index (χ0) is 15.2. The van der Waals surface area contributed by atoms with E-state index in [0.29, 0.717) is 30.9 Å². The Morgan fingerprint density at radius 1 is 1.30 bits per heavy atom. The standard InChI is InChI=1S/C15H23NO4/c1-11-6-7-12(13(10-11)18-3)20-9-5-8-15(2,16)14(17)19-4/h6-7,10H,5,8-9,16H2,1-4H3. The number of esters is 1. The molecule has 0 amide bonds. The first-order valence-electron chi connectivity index (χ1n) is 6.55. The first-order valence-corrected chi connectivity index (χ1v) is 6.55. The SMILES string of the molecule is COC(=O)C(C)(N)CCCOc1ccc(C)cc1OC. The van der Waals surface area contributed by atoms with Crippen molar-refractivity contribution in [2.45, 2.75) is 32.2 Å². The predicted molar refractivity (Wildman–Crippen MR) is 77.1 cm³/mol. The lowest BCUT2D eigenvalue weighted by Crippen LogP contribution is -2.45. The third-order valence-electron chi connectivity index (χ3n) is 3.07. The molecule has 5 nitrogen and oxygen atoms in total. The number of methoxy groups -OCH3 is 2. The van der Waals surface area contributed by atoms with E-state index in [0.717, 1.165) is 5.56 Å². The smallest absolute Gasteiger partial charge is 0.325 e. The van der Waals surface area contributed by atoms with E-state index in [1.54, 1.807) is 14.0 Å². The summed E-state index contributed by atoms with van der Waals surface area (Å²) in [6, 6.07) is 5.74. The fourth-order valence-electron chi connectivity index (χ4n) is 1.85. The average molecular weight is 281 g/mol. The van der Waals surface area contributed by atoms with Crippen LogP contribution in [0.1, 0.15) is 25.3 Å². The molecule has 0 aliphatic carbocycles. The molecule has 2 N–H and O–H groups in total. The normalized spacial score (nSPS) is 13.4. The molecule has 1 unspecified atom stereocenters. The highest BCUT2D eigenvalue weighted by Gasteiger charge is 2.28. The van der Waals surface area contributed by atoms with Crippen LogP contribution in [0, 0.1) is 6.92 Å². The molecule has 112 valence electrons. The van der Waals surface area contributed by atoms with Crippen LogP contribution in [0.15, 0.2) is 18.2 Å². The molecule has 0 spiro atoms. The first kappa shape index (κ1) is 16.3. The van der Waals surface area contributed by atoms with Gasteiger partial charge in [0.2, 0.25) is 0 Å². The summed E-state index contributed by atoms with van der Waals surface area (Å²) in [5, 5.41) is 0. The Morgan fingerprint density at radius 2 is 2.00 bits per heavy atom. The fraction of sp³-hybridized carbons (Fsp3) is 0.533. The first-order chi connectivity index (χ1) is 9.40. The molecule has 20 heavy (non-hydrogen) atoms. The lowest BCUT2D eigenvalue weighted by Gasteiger charge is -2.21. The van der Waals surface area contributed by atoms with Crippen LogP contribution in [0.3, 0.4) is 0 Å². The van der Waals surface area contributed by atoms with Gasteiger partial charge in [-0.25, -0.2) is 0 Å². The average Bonchev–Trinajstić information content (AvgIpc) is 2.43. The molecule has 0 saturated heterocycles. The van der Waals surface area contributed by atoms with Gasteiger partial charge in [-0.3, -0.25) is 4.79 Å². The molecule has 0 aromatic heterocycles. The van der Waals surface area contributed by atoms with Crippen molar-refractivity contribution < 1.29 is 19.0 Å². The predicted octanol–water partition coefficient (Wildman–Crippen LogP) is 2.05. The lowest BCUT2D eigenvalue weighted by atomic mass is 9.98. The van der Waals surface area contributed by atoms with Gasteiger partial charge in [-0.05, 0) is 44.4 Å². The molecule has 1 rings (SSSR count). The van der Waals surface area contributed by atoms with Crippen LogP contribution in [0.5, 0.6) is 11.5 Å². The molecule has 0 fully saturated rings. The Labute approximate surface area is 120 Å². The number of carbonyl (C=O) groups excluding carboxylic acids is 1. The van der Waals surface area contributed by atoms with Gasteiger partial charge in [0, 0.05) is 0 Å². The van der Waals surface area contributed by atoms with E-state index in [2.05, 4.69) is 4.74 Å². The summed E-state index contributed by atoms with van der Waals surface area (Å²) in [6.45, 7) is 4.11. The van der Waals surface area contributed by atoms with Crippen molar-refractivity contribution in [3.05, 3.63) is 23.8 Å². The zero-order valence-corrected chi connectivity index (χ0v) is 12.6. The zero-order valence-electron chi connectivity index (χ0n) is 12.6. The van der Waals surface area contributed by atoms with Gasteiger partial charge in [0.25, 0.3) is 0 Å². The van der Waals surface area contributed by atoms with Gasteiger partial charge in [0.05, 0.1) is 20.8 Å². The fourth-order valence-corrected chi connectivity index (χ4v) is 1.85. The van der Waals surface area contributed by atoms with Gasteiger partial charge in [0.1, 0.15) is 5.54 Å². The molecule has 0 aliphatic rings. The summed E-state index contributed by atoms with van der Waals surface area (Å²) >= 11 is 0. The Balaban J connectivity index is 2.47. The van der Waals surface area contributed by atoms with E-state index in [9.17, 15) is 4.79 Å². The van der Waals surface area contributed by atoms with Crippen LogP contribution in [-0.4, -0.2) is 32.3 Å². The van der Waals surface area contributed by atoms with Crippen LogP contribution >= 0.6 is 0 Å². The quantitative estimate of drug-likeness (QED) is 0.612. The summed E-state index contributed by atoms with van der Waals surface area (Å²) in [4.78, 5) is 11.4. The molecule has 0 saturated carbocycles. The number of ether oxygens (including phenoxy) is 3. The molecular formula is C15H23NO4. The topological polar surface area (TPSA) is 70.8 Å². The summed E-state index contributed by atoms with van der Waals surface area (Å²) in [6.07, 6.45) is 1.15. The number of aryl methyl sites for hydroxylation is 1. The highest BCUT2D eigenvalue weighted by atomic mass is 16.5. The highest BCUT2D eigenvalue weighted by Crippen LogP contribution is 2.28. The third kappa shape index (κ3) is 4.42. The molecule has 5 heteroatoms. The Bertz CT molecular complexity index is 457. The Kier molecular flexibility index (Phi) is 5.82. The minimum atomic E-state index is -0.977. The van der Waals surface area contributed by atoms with Crippen molar-refractivity contribution in [3.63, 3.8) is 0 Å². The molecule has 0 radical (unpaired) electrons. The molecule has 0 heterocycles. The minimum absolute atomic E-state index is 0.412. The molecule has 1 aromatic rings. The van der Waals surface area contributed by atoms with Crippen LogP contribution in [-0.2, 0) is 9.53 Å². The van der Waals surface area contributed by atoms with Gasteiger partial charge >= 0.3 is 5.97 Å². The maximum absolute atomic E-state index is 11.4. The van der Waals surface area contributed by atoms with E-state index in [1.807, 2.05) is 25.1 Å². The Morgan fingerprint density at radius 3 is 2.60 bits per heavy atom. The summed E-state index contributed by atoms with van der Waals surface area (Å²) in [7, 11) is 2.94. The number of hydrogen-bond acceptors (Lipinski definition) is 5. The summed E-state index contributed by atoms with van der Waals surface area (Å²) in [5.74, 6) is 0.980. The van der Waals surface area contributed by atoms with Crippen LogP contribution in [0.4, 0.5) is 0 Å². The van der Waals surface area contributed by atoms with Gasteiger partial charge in [-0.1, -0.05) is 6.07 Å². The highest BCUT2D eigenvalue weighted by molar-refractivity contribution is 5.79. The number of rotatable bonds is 7. The van der Waals surface area contributed by atoms with Gasteiger partial charge < -0.3 is 19.9 Å². The van der Waals surface area contributed by atoms with Crippen LogP contribution in [0.25, 0.3) is 0 Å². The number of carbonyl (C=O) groups is 1. The largest absolute Gasteiger partial charge is 0.493 e. The van der Waals surface area contributed by atoms with E-state index in [1.165, 1.54) is 7.11 Å². The van der Waals surface area contributed by atoms with Gasteiger partial charge in [-0.2, -0.15) is 0 Å². The second kappa shape index (κ2) is 7.14. The van der Waals surface area contributed by atoms with Crippen LogP contribution < -0.4 is 15.2 Å². The number of benzene rings is 1. The molecule has 0 bridgehead atoms. The van der Waals surface area contributed by atoms with Crippen molar-refractivity contribution in [3.8, 4) is 11.5 Å². The van der Waals surface area contributed by atoms with Crippen molar-refractivity contribution in [1.29, 1.82) is 0 Å². The van der Waals surface area contributed by atoms with Crippen LogP contribution in [0.2, 0.25) is 0 Å². The molecule has 1 atom stereocenters. The maximum Gasteiger partial charge on any atom is 0.325 e. The van der Waals surface area contributed by atoms with E-state index in [-0.39, 0.29) is 0 Å². The van der Waals surface area contributed by atoms with Crippen molar-refractivity contribution in [2.24, 2.45) is 5.73 Å². The number of nitrogens with two attached hydrogens (primary N) is 1. The monoisotopic (exact) mass is 281 g/mol. The van der Waals surface area contributed by atoms with Crippen molar-refractivity contribution in [2.75, 3.05) is 20.8 Å². The summed E-state index contributed by atoms with van der Waals surface area (Å²) < 4.78 is 15.6. The Hall–Kier alpha value is -1.75. The molecular weight excluding hydrogens is 258 g/mol. The van der Waals surface area contributed by atoms with E-state index in [4.69, 9.17) is 15.2 Å². The maximum atomic E-state index is 11.4. The summed E-state index contributed by atoms with van der Waals surface area (Å²) in [5.41, 5.74) is 6.00. The third-order valence-corrected chi connectivity index (χ3v) is 3.07.